The minimum atomic E-state index is -2.36. The van der Waals surface area contributed by atoms with E-state index in [4.69, 9.17) is 13.8 Å². The summed E-state index contributed by atoms with van der Waals surface area (Å²) in [5.74, 6) is 1.79. The number of aromatic nitrogens is 4. The number of benzene rings is 7. The second kappa shape index (κ2) is 12.6. The number of aryl methyl sites for hydroxylation is 2. The van der Waals surface area contributed by atoms with Gasteiger partial charge in [-0.15, -0.1) is 0 Å². The molecule has 0 amide bonds. The number of rotatable bonds is 4. The zero-order valence-corrected chi connectivity index (χ0v) is 34.0. The molecule has 0 fully saturated rings. The van der Waals surface area contributed by atoms with Crippen LogP contribution in [-0.2, 0) is 31.7 Å². The van der Waals surface area contributed by atoms with Crippen molar-refractivity contribution in [1.82, 2.24) is 18.7 Å². The van der Waals surface area contributed by atoms with Gasteiger partial charge < -0.3 is 0 Å². The molecule has 10 aromatic rings. The summed E-state index contributed by atoms with van der Waals surface area (Å²) in [7, 11) is 0. The molecule has 1 spiro atoms. The molecule has 0 radical (unpaired) electrons. The third-order valence-electron chi connectivity index (χ3n) is 11.7. The van der Waals surface area contributed by atoms with Gasteiger partial charge in [-0.3, -0.25) is 0 Å². The van der Waals surface area contributed by atoms with Crippen LogP contribution in [0, 0.1) is 22.9 Å². The standard InChI is InChI=1S/C51H32N4OS.Pt/c1-32-24-25-52-50(26-32)55-46-28-35(56-34-13-11-12-33(27-34)54-31-53(2)44-18-7-8-19-45(44)54)22-23-37(46)39-29-38-36-14-3-4-15-40(36)51(43(38)30-47(39)55)41-16-5-9-20-48(41)57-49-21-10-6-17-42(49)51;/h3-26,29-30H,1-2H3;/q-2;/i2D3;. The maximum atomic E-state index is 8.27. The third-order valence-corrected chi connectivity index (χ3v) is 13.8. The Morgan fingerprint density at radius 1 is 0.638 bits per heavy atom. The van der Waals surface area contributed by atoms with Crippen molar-refractivity contribution in [1.29, 1.82) is 0 Å². The van der Waals surface area contributed by atoms with Gasteiger partial charge in [0.2, 0.25) is 0 Å². The molecule has 1 aliphatic carbocycles. The van der Waals surface area contributed by atoms with E-state index >= 15 is 0 Å². The molecule has 0 bridgehead atoms. The second-order valence-electron chi connectivity index (χ2n) is 14.8. The molecule has 2 aliphatic rings. The number of nitrogens with zero attached hydrogens (tertiary/aromatic N) is 4. The number of ether oxygens (including phenoxy) is 1. The van der Waals surface area contributed by atoms with Crippen molar-refractivity contribution in [3.63, 3.8) is 0 Å². The molecule has 7 heteroatoms. The van der Waals surface area contributed by atoms with Crippen molar-refractivity contribution in [2.45, 2.75) is 22.1 Å². The van der Waals surface area contributed by atoms with Gasteiger partial charge in [0.1, 0.15) is 0 Å². The first-order chi connectivity index (χ1) is 29.7. The molecule has 5 nitrogen and oxygen atoms in total. The monoisotopic (exact) mass is 946 g/mol. The van der Waals surface area contributed by atoms with Crippen molar-refractivity contribution in [3.05, 3.63) is 202 Å². The topological polar surface area (TPSA) is 36.9 Å². The second-order valence-corrected chi connectivity index (χ2v) is 16.9. The molecule has 0 unspecified atom stereocenters. The van der Waals surface area contributed by atoms with Gasteiger partial charge in [0.25, 0.3) is 0 Å². The Morgan fingerprint density at radius 3 is 2.16 bits per heavy atom. The van der Waals surface area contributed by atoms with Crippen LogP contribution < -0.4 is 4.74 Å². The molecule has 0 saturated carbocycles. The van der Waals surface area contributed by atoms with Crippen LogP contribution in [0.25, 0.3) is 55.5 Å². The summed E-state index contributed by atoms with van der Waals surface area (Å²) in [6.45, 7) is -0.272. The SMILES string of the molecule is [2H]C([2H])([2H])n1[c](=[Pt])n(-c2[c-]c(Oc3[c-]c4c(cc3)c3cc5c(cc3n4-c3cc(C)ccn3)C3(c4ccccc4Sc4ccccc43)c3ccccc3-5)ccc2)c2ccccc21. The van der Waals surface area contributed by atoms with Gasteiger partial charge in [-0.2, -0.15) is 0 Å². The fraction of sp³-hybridized carbons (Fsp3) is 0.0588. The Kier molecular flexibility index (Phi) is 6.73. The number of pyridine rings is 1. The van der Waals surface area contributed by atoms with Crippen LogP contribution >= 0.6 is 11.8 Å². The first kappa shape index (κ1) is 30.9. The van der Waals surface area contributed by atoms with Gasteiger partial charge >= 0.3 is 198 Å². The number of hydrogen-bond acceptors (Lipinski definition) is 3. The van der Waals surface area contributed by atoms with Crippen molar-refractivity contribution in [2.75, 3.05) is 0 Å². The van der Waals surface area contributed by atoms with Gasteiger partial charge in [0.05, 0.1) is 5.41 Å². The van der Waals surface area contributed by atoms with E-state index in [1.807, 2.05) is 77.1 Å². The summed E-state index contributed by atoms with van der Waals surface area (Å²) in [6, 6.07) is 59.9. The molecule has 280 valence electrons. The number of para-hydroxylation sites is 2. The summed E-state index contributed by atoms with van der Waals surface area (Å²) in [5, 5.41) is 2.14. The summed E-state index contributed by atoms with van der Waals surface area (Å²) < 4.78 is 37.4. The Morgan fingerprint density at radius 2 is 1.36 bits per heavy atom. The van der Waals surface area contributed by atoms with E-state index in [-0.39, 0.29) is 0 Å². The van der Waals surface area contributed by atoms with E-state index < -0.39 is 12.4 Å². The van der Waals surface area contributed by atoms with Crippen molar-refractivity contribution >= 4 is 44.6 Å². The molecule has 3 aromatic heterocycles. The van der Waals surface area contributed by atoms with Crippen LogP contribution in [0.1, 0.15) is 31.9 Å². The molecule has 0 N–H and O–H groups in total. The van der Waals surface area contributed by atoms with Crippen molar-refractivity contribution < 1.29 is 28.2 Å². The van der Waals surface area contributed by atoms with Gasteiger partial charge in [0.15, 0.2) is 0 Å². The Hall–Kier alpha value is -6.20. The Bertz CT molecular complexity index is 3500. The van der Waals surface area contributed by atoms with E-state index in [1.54, 1.807) is 0 Å². The Labute approximate surface area is 354 Å². The number of hydrogen-bond donors (Lipinski definition) is 0. The van der Waals surface area contributed by atoms with Crippen LogP contribution in [0.5, 0.6) is 11.5 Å². The molecule has 0 saturated heterocycles. The zero-order valence-electron chi connectivity index (χ0n) is 33.9. The molecule has 58 heavy (non-hydrogen) atoms. The Balaban J connectivity index is 1.07. The molecule has 1 aliphatic heterocycles. The van der Waals surface area contributed by atoms with E-state index in [9.17, 15) is 0 Å². The fourth-order valence-corrected chi connectivity index (χ4v) is 11.3. The van der Waals surface area contributed by atoms with Crippen LogP contribution in [0.3, 0.4) is 0 Å². The van der Waals surface area contributed by atoms with Gasteiger partial charge in [-0.1, -0.05) is 72.4 Å². The van der Waals surface area contributed by atoms with Gasteiger partial charge in [-0.25, -0.2) is 0 Å². The van der Waals surface area contributed by atoms with Gasteiger partial charge in [-0.05, 0) is 64.1 Å². The van der Waals surface area contributed by atoms with Crippen LogP contribution in [0.2, 0.25) is 0 Å². The average molecular weight is 947 g/mol. The quantitative estimate of drug-likeness (QED) is 0.165. The zero-order chi connectivity index (χ0) is 41.2. The van der Waals surface area contributed by atoms with E-state index in [0.29, 0.717) is 26.5 Å². The van der Waals surface area contributed by atoms with Crippen LogP contribution in [0.15, 0.2) is 168 Å². The predicted molar refractivity (Wildman–Crippen MR) is 228 cm³/mol. The molecule has 7 aromatic carbocycles. The molecular formula is C51H32N4OPtS-2. The van der Waals surface area contributed by atoms with Crippen LogP contribution in [0.4, 0.5) is 0 Å². The molecule has 12 rings (SSSR count). The molecular weight excluding hydrogens is 912 g/mol. The third kappa shape index (κ3) is 4.70. The van der Waals surface area contributed by atoms with Gasteiger partial charge in [0, 0.05) is 16.0 Å². The van der Waals surface area contributed by atoms with Crippen LogP contribution in [-0.4, -0.2) is 18.7 Å². The molecule has 4 heterocycles. The predicted octanol–water partition coefficient (Wildman–Crippen LogP) is 12.1. The van der Waals surface area contributed by atoms with Crippen molar-refractivity contribution in [2.24, 2.45) is 6.98 Å². The van der Waals surface area contributed by atoms with Crippen molar-refractivity contribution in [3.8, 4) is 34.1 Å². The number of imidazole rings is 1. The summed E-state index contributed by atoms with van der Waals surface area (Å²) in [4.78, 5) is 7.47. The average Bonchev–Trinajstić information content (AvgIpc) is 3.86. The summed E-state index contributed by atoms with van der Waals surface area (Å²) >= 11 is 3.92. The first-order valence-corrected chi connectivity index (χ1v) is 21.0. The minimum absolute atomic E-state index is 0.476. The van der Waals surface area contributed by atoms with E-state index in [2.05, 4.69) is 140 Å². The molecule has 0 atom stereocenters. The fourth-order valence-electron chi connectivity index (χ4n) is 9.30. The normalized spacial score (nSPS) is 14.5. The first-order valence-electron chi connectivity index (χ1n) is 20.5. The maximum absolute atomic E-state index is 8.27. The van der Waals surface area contributed by atoms with E-state index in [0.717, 1.165) is 38.7 Å². The summed E-state index contributed by atoms with van der Waals surface area (Å²) in [6.07, 6.45) is 1.86. The number of fused-ring (bicyclic) bond motifs is 13. The summed E-state index contributed by atoms with van der Waals surface area (Å²) in [5.41, 5.74) is 12.1. The van der Waals surface area contributed by atoms with E-state index in [1.165, 1.54) is 47.7 Å².